The van der Waals surface area contributed by atoms with Gasteiger partial charge in [-0.1, -0.05) is 11.6 Å². The van der Waals surface area contributed by atoms with Crippen molar-refractivity contribution in [3.63, 3.8) is 0 Å². The van der Waals surface area contributed by atoms with Gasteiger partial charge in [0.25, 0.3) is 0 Å². The van der Waals surface area contributed by atoms with Crippen LogP contribution in [0, 0.1) is 20.8 Å². The summed E-state index contributed by atoms with van der Waals surface area (Å²) in [6, 6.07) is 0. The van der Waals surface area contributed by atoms with Gasteiger partial charge in [0.15, 0.2) is 0 Å². The van der Waals surface area contributed by atoms with Crippen LogP contribution in [0.15, 0.2) is 6.20 Å². The third kappa shape index (κ3) is 3.44. The fourth-order valence-corrected chi connectivity index (χ4v) is 2.24. The van der Waals surface area contributed by atoms with E-state index in [1.54, 1.807) is 15.6 Å². The lowest BCUT2D eigenvalue weighted by Gasteiger charge is -2.06. The van der Waals surface area contributed by atoms with Gasteiger partial charge < -0.3 is 5.32 Å². The largest absolute Gasteiger partial charge is 0.352 e. The molecular weight excluding hydrogens is 290 g/mol. The zero-order valence-corrected chi connectivity index (χ0v) is 13.5. The Morgan fingerprint density at radius 3 is 2.57 bits per heavy atom. The second-order valence-corrected chi connectivity index (χ2v) is 5.49. The van der Waals surface area contributed by atoms with Crippen LogP contribution in [0.1, 0.15) is 29.1 Å². The second kappa shape index (κ2) is 6.30. The van der Waals surface area contributed by atoms with E-state index in [1.165, 1.54) is 0 Å². The molecule has 0 aliphatic heterocycles. The van der Waals surface area contributed by atoms with Gasteiger partial charge in [-0.15, -0.1) is 0 Å². The molecule has 0 radical (unpaired) electrons. The van der Waals surface area contributed by atoms with Crippen molar-refractivity contribution in [2.75, 3.05) is 0 Å². The summed E-state index contributed by atoms with van der Waals surface area (Å²) in [5.74, 6) is -0.0121. The molecule has 0 fully saturated rings. The first kappa shape index (κ1) is 15.6. The molecule has 0 unspecified atom stereocenters. The fraction of sp³-hybridized carbons (Fsp3) is 0.500. The van der Waals surface area contributed by atoms with E-state index in [1.807, 2.05) is 27.8 Å². The van der Waals surface area contributed by atoms with E-state index in [0.717, 1.165) is 22.6 Å². The van der Waals surface area contributed by atoms with E-state index in [4.69, 9.17) is 11.6 Å². The number of rotatable bonds is 5. The molecule has 7 heteroatoms. The lowest BCUT2D eigenvalue weighted by Crippen LogP contribution is -2.24. The highest BCUT2D eigenvalue weighted by Gasteiger charge is 2.11. The summed E-state index contributed by atoms with van der Waals surface area (Å²) >= 11 is 6.08. The number of hydrogen-bond donors (Lipinski definition) is 1. The summed E-state index contributed by atoms with van der Waals surface area (Å²) in [6.07, 6.45) is 2.15. The van der Waals surface area contributed by atoms with Crippen molar-refractivity contribution in [1.82, 2.24) is 24.9 Å². The van der Waals surface area contributed by atoms with E-state index in [2.05, 4.69) is 15.5 Å². The molecule has 2 rings (SSSR count). The van der Waals surface area contributed by atoms with Gasteiger partial charge in [-0.2, -0.15) is 10.2 Å². The minimum Gasteiger partial charge on any atom is -0.352 e. The number of hydrogen-bond acceptors (Lipinski definition) is 3. The molecule has 1 amide bonds. The topological polar surface area (TPSA) is 64.7 Å². The Bertz CT molecular complexity index is 659. The van der Waals surface area contributed by atoms with Gasteiger partial charge in [-0.05, 0) is 20.8 Å². The molecule has 114 valence electrons. The average Bonchev–Trinajstić information content (AvgIpc) is 2.90. The number of aromatic nitrogens is 4. The molecule has 0 saturated heterocycles. The highest BCUT2D eigenvalue weighted by atomic mass is 35.5. The van der Waals surface area contributed by atoms with Crippen molar-refractivity contribution in [2.45, 2.75) is 40.3 Å². The molecule has 0 aromatic carbocycles. The number of carbonyl (C=O) groups is 1. The van der Waals surface area contributed by atoms with Gasteiger partial charge in [-0.3, -0.25) is 14.2 Å². The first-order valence-corrected chi connectivity index (χ1v) is 7.21. The summed E-state index contributed by atoms with van der Waals surface area (Å²) in [7, 11) is 1.88. The van der Waals surface area contributed by atoms with E-state index >= 15 is 0 Å². The number of amides is 1. The molecule has 1 N–H and O–H groups in total. The summed E-state index contributed by atoms with van der Waals surface area (Å²) in [6.45, 7) is 6.76. The Morgan fingerprint density at radius 2 is 2.05 bits per heavy atom. The van der Waals surface area contributed by atoms with Gasteiger partial charge in [-0.25, -0.2) is 0 Å². The molecule has 0 saturated carbocycles. The molecule has 0 aliphatic rings. The van der Waals surface area contributed by atoms with E-state index < -0.39 is 0 Å². The van der Waals surface area contributed by atoms with Crippen LogP contribution in [0.25, 0.3) is 0 Å². The Balaban J connectivity index is 1.85. The number of aryl methyl sites for hydroxylation is 3. The standard InChI is InChI=1S/C14H20ClN5O/c1-9-14(15)11(3)20(18-9)6-5-13(21)16-7-12-8-17-19(4)10(12)2/h8H,5-7H2,1-4H3,(H,16,21). The van der Waals surface area contributed by atoms with Crippen molar-refractivity contribution in [3.05, 3.63) is 33.9 Å². The van der Waals surface area contributed by atoms with Crippen molar-refractivity contribution < 1.29 is 4.79 Å². The quantitative estimate of drug-likeness (QED) is 0.917. The lowest BCUT2D eigenvalue weighted by molar-refractivity contribution is -0.121. The van der Waals surface area contributed by atoms with Crippen LogP contribution >= 0.6 is 11.6 Å². The zero-order valence-electron chi connectivity index (χ0n) is 12.8. The van der Waals surface area contributed by atoms with Crippen LogP contribution in [-0.2, 0) is 24.9 Å². The van der Waals surface area contributed by atoms with Gasteiger partial charge in [0.1, 0.15) is 0 Å². The molecular formula is C14H20ClN5O. The van der Waals surface area contributed by atoms with Crippen LogP contribution in [-0.4, -0.2) is 25.5 Å². The van der Waals surface area contributed by atoms with Crippen LogP contribution in [0.2, 0.25) is 5.02 Å². The molecule has 2 heterocycles. The predicted octanol–water partition coefficient (Wildman–Crippen LogP) is 1.90. The third-order valence-corrected chi connectivity index (χ3v) is 4.20. The monoisotopic (exact) mass is 309 g/mol. The summed E-state index contributed by atoms with van der Waals surface area (Å²) in [5.41, 5.74) is 3.77. The average molecular weight is 310 g/mol. The molecule has 2 aromatic heterocycles. The van der Waals surface area contributed by atoms with Gasteiger partial charge in [0, 0.05) is 31.3 Å². The molecule has 0 spiro atoms. The first-order chi connectivity index (χ1) is 9.90. The summed E-state index contributed by atoms with van der Waals surface area (Å²) in [4.78, 5) is 11.9. The van der Waals surface area contributed by atoms with E-state index in [-0.39, 0.29) is 5.91 Å². The normalized spacial score (nSPS) is 10.9. The number of halogens is 1. The predicted molar refractivity (Wildman–Crippen MR) is 81.1 cm³/mol. The first-order valence-electron chi connectivity index (χ1n) is 6.83. The molecule has 0 bridgehead atoms. The Hall–Kier alpha value is -1.82. The van der Waals surface area contributed by atoms with Gasteiger partial charge in [0.2, 0.25) is 5.91 Å². The maximum atomic E-state index is 11.9. The Morgan fingerprint density at radius 1 is 1.33 bits per heavy atom. The Labute approximate surface area is 129 Å². The second-order valence-electron chi connectivity index (χ2n) is 5.11. The highest BCUT2D eigenvalue weighted by molar-refractivity contribution is 6.31. The van der Waals surface area contributed by atoms with Crippen molar-refractivity contribution in [2.24, 2.45) is 7.05 Å². The molecule has 6 nitrogen and oxygen atoms in total. The third-order valence-electron chi connectivity index (χ3n) is 3.66. The van der Waals surface area contributed by atoms with Gasteiger partial charge >= 0.3 is 0 Å². The minimum atomic E-state index is -0.0121. The van der Waals surface area contributed by atoms with Crippen LogP contribution in [0.4, 0.5) is 0 Å². The number of carbonyl (C=O) groups excluding carboxylic acids is 1. The maximum Gasteiger partial charge on any atom is 0.222 e. The molecule has 2 aromatic rings. The lowest BCUT2D eigenvalue weighted by atomic mass is 10.2. The van der Waals surface area contributed by atoms with Crippen LogP contribution in [0.5, 0.6) is 0 Å². The van der Waals surface area contributed by atoms with Crippen molar-refractivity contribution >= 4 is 17.5 Å². The minimum absolute atomic E-state index is 0.0121. The number of nitrogens with one attached hydrogen (secondary N) is 1. The maximum absolute atomic E-state index is 11.9. The molecule has 0 atom stereocenters. The molecule has 0 aliphatic carbocycles. The van der Waals surface area contributed by atoms with Crippen LogP contribution < -0.4 is 5.32 Å². The van der Waals surface area contributed by atoms with E-state index in [0.29, 0.717) is 24.5 Å². The highest BCUT2D eigenvalue weighted by Crippen LogP contribution is 2.18. The van der Waals surface area contributed by atoms with Crippen molar-refractivity contribution in [3.8, 4) is 0 Å². The fourth-order valence-electron chi connectivity index (χ4n) is 2.10. The van der Waals surface area contributed by atoms with Crippen molar-refractivity contribution in [1.29, 1.82) is 0 Å². The Kier molecular flexibility index (Phi) is 4.67. The SMILES string of the molecule is Cc1nn(CCC(=O)NCc2cnn(C)c2C)c(C)c1Cl. The zero-order chi connectivity index (χ0) is 15.6. The summed E-state index contributed by atoms with van der Waals surface area (Å²) < 4.78 is 3.56. The van der Waals surface area contributed by atoms with E-state index in [9.17, 15) is 4.79 Å². The van der Waals surface area contributed by atoms with Crippen LogP contribution in [0.3, 0.4) is 0 Å². The summed E-state index contributed by atoms with van der Waals surface area (Å²) in [5, 5.41) is 12.0. The smallest absolute Gasteiger partial charge is 0.222 e. The number of nitrogens with zero attached hydrogens (tertiary/aromatic N) is 4. The van der Waals surface area contributed by atoms with Gasteiger partial charge in [0.05, 0.1) is 29.2 Å². The molecule has 21 heavy (non-hydrogen) atoms.